The quantitative estimate of drug-likeness (QED) is 0.514. The second kappa shape index (κ2) is 9.98. The van der Waals surface area contributed by atoms with Crippen LogP contribution in [0.15, 0.2) is 52.9 Å². The van der Waals surface area contributed by atoms with Crippen molar-refractivity contribution in [1.82, 2.24) is 10.2 Å². The molecule has 0 spiro atoms. The van der Waals surface area contributed by atoms with Gasteiger partial charge in [-0.1, -0.05) is 30.7 Å². The number of rotatable bonds is 9. The van der Waals surface area contributed by atoms with Gasteiger partial charge in [-0.25, -0.2) is 0 Å². The monoisotopic (exact) mass is 422 g/mol. The van der Waals surface area contributed by atoms with E-state index in [0.29, 0.717) is 12.3 Å². The number of ether oxygens (including phenoxy) is 2. The average Bonchev–Trinajstić information content (AvgIpc) is 3.26. The summed E-state index contributed by atoms with van der Waals surface area (Å²) >= 11 is 0. The van der Waals surface area contributed by atoms with Gasteiger partial charge in [-0.2, -0.15) is 0 Å². The number of likely N-dealkylation sites (tertiary alicyclic amines) is 1. The van der Waals surface area contributed by atoms with Crippen molar-refractivity contribution in [2.24, 2.45) is 0 Å². The molecule has 0 aliphatic carbocycles. The summed E-state index contributed by atoms with van der Waals surface area (Å²) in [5, 5.41) is 4.31. The van der Waals surface area contributed by atoms with Crippen LogP contribution in [0.5, 0.6) is 11.5 Å². The Labute approximate surface area is 183 Å². The molecule has 164 valence electrons. The first-order valence-electron chi connectivity index (χ1n) is 10.9. The fraction of sp³-hybridized carbons (Fsp3) is 0.400. The minimum absolute atomic E-state index is 0.0408. The average molecular weight is 423 g/mol. The molecule has 2 aromatic carbocycles. The van der Waals surface area contributed by atoms with Gasteiger partial charge in [0.25, 0.3) is 0 Å². The molecule has 31 heavy (non-hydrogen) atoms. The fourth-order valence-corrected chi connectivity index (χ4v) is 4.28. The molecular formula is C25H30N2O4. The Balaban J connectivity index is 1.46. The molecule has 6 heteroatoms. The predicted octanol–water partition coefficient (Wildman–Crippen LogP) is 4.45. The Kier molecular flexibility index (Phi) is 6.89. The van der Waals surface area contributed by atoms with Crippen LogP contribution < -0.4 is 14.8 Å². The van der Waals surface area contributed by atoms with Crippen molar-refractivity contribution in [2.45, 2.75) is 25.3 Å². The maximum Gasteiger partial charge on any atom is 0.211 e. The minimum Gasteiger partial charge on any atom is -0.493 e. The number of piperidine rings is 1. The van der Waals surface area contributed by atoms with Crippen LogP contribution in [-0.4, -0.2) is 51.1 Å². The highest BCUT2D eigenvalue weighted by atomic mass is 16.5. The number of carbonyl (C=O) groups is 1. The smallest absolute Gasteiger partial charge is 0.211 e. The Morgan fingerprint density at radius 2 is 1.81 bits per heavy atom. The number of methoxy groups -OCH3 is 2. The predicted molar refractivity (Wildman–Crippen MR) is 121 cm³/mol. The molecule has 2 heterocycles. The number of fused-ring (bicyclic) bond motifs is 1. The molecule has 3 aromatic rings. The molecule has 0 bridgehead atoms. The fourth-order valence-electron chi connectivity index (χ4n) is 4.28. The number of Topliss-reactive ketones (excluding diaryl/α,β-unsaturated/α-hetero) is 1. The lowest BCUT2D eigenvalue weighted by atomic mass is 10.0. The summed E-state index contributed by atoms with van der Waals surface area (Å²) in [5.74, 6) is 1.80. The molecule has 1 N–H and O–H groups in total. The molecule has 1 aromatic heterocycles. The van der Waals surface area contributed by atoms with Gasteiger partial charge in [-0.15, -0.1) is 0 Å². The first-order valence-corrected chi connectivity index (χ1v) is 10.9. The molecule has 0 radical (unpaired) electrons. The van der Waals surface area contributed by atoms with E-state index in [0.717, 1.165) is 41.1 Å². The number of para-hydroxylation sites is 1. The van der Waals surface area contributed by atoms with Crippen LogP contribution in [0.4, 0.5) is 0 Å². The molecule has 1 aliphatic rings. The number of carbonyl (C=O) groups excluding carboxylic acids is 1. The molecule has 1 aliphatic heterocycles. The van der Waals surface area contributed by atoms with Crippen molar-refractivity contribution in [3.63, 3.8) is 0 Å². The SMILES string of the molecule is COc1ccc(C(CNCC(=O)c2cc3ccccc3o2)N2CCCCC2)cc1OC. The third-order valence-corrected chi connectivity index (χ3v) is 5.95. The lowest BCUT2D eigenvalue weighted by molar-refractivity contribution is 0.0959. The summed E-state index contributed by atoms with van der Waals surface area (Å²) in [6.45, 7) is 3.01. The van der Waals surface area contributed by atoms with Crippen LogP contribution >= 0.6 is 0 Å². The van der Waals surface area contributed by atoms with Gasteiger partial charge in [0.15, 0.2) is 17.3 Å². The second-order valence-corrected chi connectivity index (χ2v) is 7.93. The van der Waals surface area contributed by atoms with Gasteiger partial charge >= 0.3 is 0 Å². The Morgan fingerprint density at radius 1 is 1.03 bits per heavy atom. The van der Waals surface area contributed by atoms with Gasteiger partial charge in [0.2, 0.25) is 5.78 Å². The zero-order valence-corrected chi connectivity index (χ0v) is 18.2. The van der Waals surface area contributed by atoms with Crippen molar-refractivity contribution in [3.05, 3.63) is 59.9 Å². The minimum atomic E-state index is -0.0408. The standard InChI is InChI=1S/C25H30N2O4/c1-29-23-11-10-18(14-25(23)30-2)20(27-12-6-3-7-13-27)16-26-17-21(28)24-15-19-8-4-5-9-22(19)31-24/h4-5,8-11,14-15,20,26H,3,6-7,12-13,16-17H2,1-2H3. The van der Waals surface area contributed by atoms with Crippen LogP contribution in [0, 0.1) is 0 Å². The number of nitrogens with zero attached hydrogens (tertiary/aromatic N) is 1. The zero-order valence-electron chi connectivity index (χ0n) is 18.2. The number of hydrogen-bond donors (Lipinski definition) is 1. The molecule has 0 amide bonds. The van der Waals surface area contributed by atoms with E-state index < -0.39 is 0 Å². The summed E-state index contributed by atoms with van der Waals surface area (Å²) in [7, 11) is 3.30. The number of hydrogen-bond acceptors (Lipinski definition) is 6. The van der Waals surface area contributed by atoms with Gasteiger partial charge < -0.3 is 19.2 Å². The topological polar surface area (TPSA) is 63.9 Å². The highest BCUT2D eigenvalue weighted by Crippen LogP contribution is 2.32. The first kappa shape index (κ1) is 21.4. The summed E-state index contributed by atoms with van der Waals surface area (Å²) in [5.41, 5.74) is 1.89. The number of benzene rings is 2. The van der Waals surface area contributed by atoms with E-state index in [1.165, 1.54) is 19.3 Å². The number of nitrogens with one attached hydrogen (secondary N) is 1. The Bertz CT molecular complexity index is 990. The normalized spacial score (nSPS) is 15.7. The highest BCUT2D eigenvalue weighted by molar-refractivity contribution is 5.98. The summed E-state index contributed by atoms with van der Waals surface area (Å²) < 4.78 is 16.6. The van der Waals surface area contributed by atoms with Crippen molar-refractivity contribution < 1.29 is 18.7 Å². The van der Waals surface area contributed by atoms with Crippen molar-refractivity contribution >= 4 is 16.8 Å². The van der Waals surface area contributed by atoms with E-state index in [2.05, 4.69) is 16.3 Å². The molecule has 4 rings (SSSR count). The summed E-state index contributed by atoms with van der Waals surface area (Å²) in [6.07, 6.45) is 3.66. The summed E-state index contributed by atoms with van der Waals surface area (Å²) in [6, 6.07) is 15.7. The Hall–Kier alpha value is -2.83. The van der Waals surface area contributed by atoms with E-state index in [1.807, 2.05) is 42.5 Å². The van der Waals surface area contributed by atoms with Gasteiger partial charge in [-0.05, 0) is 55.8 Å². The molecule has 1 fully saturated rings. The molecular weight excluding hydrogens is 392 g/mol. The number of furan rings is 1. The molecule has 6 nitrogen and oxygen atoms in total. The molecule has 1 atom stereocenters. The largest absolute Gasteiger partial charge is 0.493 e. The lowest BCUT2D eigenvalue weighted by Gasteiger charge is -2.35. The van der Waals surface area contributed by atoms with Gasteiger partial charge in [0.05, 0.1) is 20.8 Å². The van der Waals surface area contributed by atoms with Crippen molar-refractivity contribution in [2.75, 3.05) is 40.4 Å². The maximum absolute atomic E-state index is 12.7. The third kappa shape index (κ3) is 4.92. The van der Waals surface area contributed by atoms with Crippen molar-refractivity contribution in [1.29, 1.82) is 0 Å². The van der Waals surface area contributed by atoms with E-state index in [4.69, 9.17) is 13.9 Å². The lowest BCUT2D eigenvalue weighted by Crippen LogP contribution is -2.40. The van der Waals surface area contributed by atoms with E-state index >= 15 is 0 Å². The van der Waals surface area contributed by atoms with E-state index in [9.17, 15) is 4.79 Å². The van der Waals surface area contributed by atoms with Gasteiger partial charge in [-0.3, -0.25) is 9.69 Å². The van der Waals surface area contributed by atoms with E-state index in [1.54, 1.807) is 14.2 Å². The Morgan fingerprint density at radius 3 is 2.55 bits per heavy atom. The van der Waals surface area contributed by atoms with Crippen LogP contribution in [0.3, 0.4) is 0 Å². The second-order valence-electron chi connectivity index (χ2n) is 7.93. The summed E-state index contributed by atoms with van der Waals surface area (Å²) in [4.78, 5) is 15.2. The van der Waals surface area contributed by atoms with Gasteiger partial charge in [0, 0.05) is 18.0 Å². The van der Waals surface area contributed by atoms with Crippen LogP contribution in [0.25, 0.3) is 11.0 Å². The highest BCUT2D eigenvalue weighted by Gasteiger charge is 2.24. The van der Waals surface area contributed by atoms with Crippen molar-refractivity contribution in [3.8, 4) is 11.5 Å². The number of ketones is 1. The van der Waals surface area contributed by atoms with Crippen LogP contribution in [0.1, 0.15) is 41.4 Å². The third-order valence-electron chi connectivity index (χ3n) is 5.95. The van der Waals surface area contributed by atoms with E-state index in [-0.39, 0.29) is 18.4 Å². The van der Waals surface area contributed by atoms with Crippen LogP contribution in [-0.2, 0) is 0 Å². The van der Waals surface area contributed by atoms with Crippen LogP contribution in [0.2, 0.25) is 0 Å². The first-order chi connectivity index (χ1) is 15.2. The zero-order chi connectivity index (χ0) is 21.6. The molecule has 1 saturated heterocycles. The van der Waals surface area contributed by atoms with Gasteiger partial charge in [0.1, 0.15) is 5.58 Å². The maximum atomic E-state index is 12.7. The molecule has 0 saturated carbocycles. The molecule has 1 unspecified atom stereocenters.